The SMILES string of the molecule is O=P([O-])(OC1=Cc2cccc(Cl)c2Sc2ccccc21)OC1=Cc2cccc(Cl)c2Sc2ccccc21.[Na+]. The van der Waals surface area contributed by atoms with E-state index in [9.17, 15) is 9.46 Å². The van der Waals surface area contributed by atoms with E-state index in [-0.39, 0.29) is 41.1 Å². The summed E-state index contributed by atoms with van der Waals surface area (Å²) in [5.74, 6) is 0.311. The van der Waals surface area contributed by atoms with E-state index in [2.05, 4.69) is 0 Å². The summed E-state index contributed by atoms with van der Waals surface area (Å²) < 4.78 is 24.7. The number of rotatable bonds is 4. The predicted molar refractivity (Wildman–Crippen MR) is 150 cm³/mol. The average molecular weight is 605 g/mol. The van der Waals surface area contributed by atoms with Gasteiger partial charge in [-0.05, 0) is 47.5 Å². The number of halogens is 2. The molecular weight excluding hydrogens is 589 g/mol. The first-order valence-corrected chi connectivity index (χ1v) is 15.0. The maximum atomic E-state index is 13.4. The normalized spacial score (nSPS) is 13.7. The zero-order valence-corrected chi connectivity index (χ0v) is 25.9. The molecule has 10 heteroatoms. The number of phosphoric ester groups is 1. The van der Waals surface area contributed by atoms with Gasteiger partial charge in [-0.15, -0.1) is 0 Å². The van der Waals surface area contributed by atoms with E-state index >= 15 is 0 Å². The van der Waals surface area contributed by atoms with E-state index in [1.165, 1.54) is 23.5 Å². The third-order valence-corrected chi connectivity index (χ3v) is 9.88. The van der Waals surface area contributed by atoms with Crippen LogP contribution in [-0.2, 0) is 13.6 Å². The second-order valence-corrected chi connectivity index (χ2v) is 12.3. The fourth-order valence-electron chi connectivity index (χ4n) is 4.08. The predicted octanol–water partition coefficient (Wildman–Crippen LogP) is 6.12. The molecule has 0 aliphatic carbocycles. The Morgan fingerprint density at radius 2 is 1.05 bits per heavy atom. The van der Waals surface area contributed by atoms with Crippen molar-refractivity contribution >= 4 is 78.2 Å². The summed E-state index contributed by atoms with van der Waals surface area (Å²) in [6.45, 7) is 0. The Hall–Kier alpha value is -1.57. The van der Waals surface area contributed by atoms with Crippen molar-refractivity contribution in [3.05, 3.63) is 117 Å². The molecule has 2 aliphatic heterocycles. The first kappa shape index (κ1) is 28.0. The second kappa shape index (κ2) is 11.5. The van der Waals surface area contributed by atoms with Gasteiger partial charge in [0.05, 0.1) is 10.0 Å². The molecule has 6 rings (SSSR count). The van der Waals surface area contributed by atoms with Crippen LogP contribution in [0.25, 0.3) is 23.7 Å². The summed E-state index contributed by atoms with van der Waals surface area (Å²) >= 11 is 15.8. The first-order chi connectivity index (χ1) is 17.9. The van der Waals surface area contributed by atoms with Crippen molar-refractivity contribution in [2.24, 2.45) is 0 Å². The summed E-state index contributed by atoms with van der Waals surface area (Å²) in [4.78, 5) is 16.7. The molecule has 0 saturated carbocycles. The summed E-state index contributed by atoms with van der Waals surface area (Å²) in [7, 11) is -4.90. The molecule has 0 amide bonds. The molecular formula is C28H16Cl2NaO4PS2. The fraction of sp³-hybridized carbons (Fsp3) is 0. The van der Waals surface area contributed by atoms with E-state index in [4.69, 9.17) is 32.2 Å². The molecule has 0 aromatic heterocycles. The second-order valence-electron chi connectivity index (χ2n) is 8.16. The van der Waals surface area contributed by atoms with Crippen LogP contribution in [0.1, 0.15) is 22.3 Å². The smallest absolute Gasteiger partial charge is 0.736 e. The molecule has 4 nitrogen and oxygen atoms in total. The largest absolute Gasteiger partial charge is 1.00 e. The average Bonchev–Trinajstić information content (AvgIpc) is 3.13. The van der Waals surface area contributed by atoms with Crippen LogP contribution >= 0.6 is 54.5 Å². The third-order valence-electron chi connectivity index (χ3n) is 5.72. The molecule has 0 radical (unpaired) electrons. The molecule has 4 aromatic rings. The van der Waals surface area contributed by atoms with E-state index in [1.54, 1.807) is 24.3 Å². The van der Waals surface area contributed by atoms with Gasteiger partial charge in [0.25, 0.3) is 0 Å². The third kappa shape index (κ3) is 5.66. The Bertz CT molecular complexity index is 1560. The summed E-state index contributed by atoms with van der Waals surface area (Å²) in [5.41, 5.74) is 2.76. The van der Waals surface area contributed by atoms with Crippen molar-refractivity contribution in [2.45, 2.75) is 19.6 Å². The minimum atomic E-state index is -4.90. The number of hydrogen-bond donors (Lipinski definition) is 0. The summed E-state index contributed by atoms with van der Waals surface area (Å²) in [6, 6.07) is 25.8. The van der Waals surface area contributed by atoms with Crippen molar-refractivity contribution < 1.29 is 48.1 Å². The molecule has 184 valence electrons. The fourth-order valence-corrected chi connectivity index (χ4v) is 7.61. The zero-order chi connectivity index (χ0) is 25.6. The maximum absolute atomic E-state index is 13.4. The van der Waals surface area contributed by atoms with Gasteiger partial charge in [-0.25, -0.2) is 4.57 Å². The molecule has 0 saturated heterocycles. The molecule has 0 fully saturated rings. The van der Waals surface area contributed by atoms with Gasteiger partial charge < -0.3 is 13.9 Å². The Morgan fingerprint density at radius 3 is 1.50 bits per heavy atom. The molecule has 0 atom stereocenters. The Kier molecular flexibility index (Phi) is 8.47. The van der Waals surface area contributed by atoms with Crippen molar-refractivity contribution in [3.8, 4) is 0 Å². The summed E-state index contributed by atoms with van der Waals surface area (Å²) in [6.07, 6.45) is 3.35. The van der Waals surface area contributed by atoms with Gasteiger partial charge in [-0.1, -0.05) is 107 Å². The zero-order valence-electron chi connectivity index (χ0n) is 19.9. The van der Waals surface area contributed by atoms with Crippen molar-refractivity contribution in [1.82, 2.24) is 0 Å². The van der Waals surface area contributed by atoms with Crippen LogP contribution in [-0.4, -0.2) is 0 Å². The van der Waals surface area contributed by atoms with Crippen LogP contribution in [0.4, 0.5) is 0 Å². The molecule has 38 heavy (non-hydrogen) atoms. The minimum absolute atomic E-state index is 0. The van der Waals surface area contributed by atoms with Gasteiger partial charge in [0.1, 0.15) is 11.5 Å². The monoisotopic (exact) mass is 604 g/mol. The molecule has 0 unspecified atom stereocenters. The number of benzene rings is 4. The van der Waals surface area contributed by atoms with Crippen LogP contribution in [0.2, 0.25) is 10.0 Å². The van der Waals surface area contributed by atoms with Crippen LogP contribution in [0.3, 0.4) is 0 Å². The van der Waals surface area contributed by atoms with E-state index < -0.39 is 7.82 Å². The Labute approximate surface area is 261 Å². The topological polar surface area (TPSA) is 58.6 Å². The van der Waals surface area contributed by atoms with Gasteiger partial charge in [-0.2, -0.15) is 0 Å². The van der Waals surface area contributed by atoms with Gasteiger partial charge in [0.2, 0.25) is 0 Å². The Balaban J connectivity index is 0.00000294. The van der Waals surface area contributed by atoms with Crippen molar-refractivity contribution in [1.29, 1.82) is 0 Å². The van der Waals surface area contributed by atoms with Gasteiger partial charge in [-0.3, -0.25) is 0 Å². The van der Waals surface area contributed by atoms with Crippen LogP contribution in [0.5, 0.6) is 0 Å². The van der Waals surface area contributed by atoms with E-state index in [0.717, 1.165) is 30.7 Å². The maximum Gasteiger partial charge on any atom is 1.00 e. The summed E-state index contributed by atoms with van der Waals surface area (Å²) in [5, 5.41) is 1.15. The minimum Gasteiger partial charge on any atom is -0.736 e. The van der Waals surface area contributed by atoms with Gasteiger partial charge in [0.15, 0.2) is 0 Å². The van der Waals surface area contributed by atoms with Crippen LogP contribution in [0.15, 0.2) is 105 Å². The Morgan fingerprint density at radius 1 is 0.632 bits per heavy atom. The van der Waals surface area contributed by atoms with Crippen molar-refractivity contribution in [3.63, 3.8) is 0 Å². The molecule has 0 bridgehead atoms. The number of hydrogen-bond acceptors (Lipinski definition) is 6. The van der Waals surface area contributed by atoms with Crippen LogP contribution in [0, 0.1) is 0 Å². The molecule has 0 N–H and O–H groups in total. The van der Waals surface area contributed by atoms with Gasteiger partial charge in [0, 0.05) is 30.7 Å². The molecule has 2 heterocycles. The first-order valence-electron chi connectivity index (χ1n) is 11.1. The van der Waals surface area contributed by atoms with E-state index in [0.29, 0.717) is 21.2 Å². The molecule has 0 spiro atoms. The van der Waals surface area contributed by atoms with Gasteiger partial charge >= 0.3 is 37.4 Å². The molecule has 4 aromatic carbocycles. The van der Waals surface area contributed by atoms with Crippen molar-refractivity contribution in [2.75, 3.05) is 0 Å². The standard InChI is InChI=1S/C28H17Cl2O4PS2.Na/c29-21-11-5-7-17-15-23(19-9-1-3-13-25(19)36-27(17)21)33-35(31,32)34-24-16-18-8-6-12-22(30)28(18)37-26-14-4-2-10-20(24)26;/h1-16H,(H,31,32);/q;+1/p-1. The van der Waals surface area contributed by atoms with E-state index in [1.807, 2.05) is 72.8 Å². The number of fused-ring (bicyclic) bond motifs is 4. The quantitative estimate of drug-likeness (QED) is 0.206. The number of phosphoric acid groups is 1. The molecule has 2 aliphatic rings. The van der Waals surface area contributed by atoms with Crippen LogP contribution < -0.4 is 34.5 Å².